The van der Waals surface area contributed by atoms with Gasteiger partial charge in [-0.3, -0.25) is 4.18 Å². The molecule has 0 unspecified atom stereocenters. The Labute approximate surface area is 158 Å². The Bertz CT molecular complexity index is 1040. The Hall–Kier alpha value is -2.11. The molecule has 154 valence electrons. The van der Waals surface area contributed by atoms with Gasteiger partial charge in [0.25, 0.3) is 0 Å². The summed E-state index contributed by atoms with van der Waals surface area (Å²) in [6, 6.07) is 6.26. The molecule has 0 bridgehead atoms. The minimum Gasteiger partial charge on any atom is -0.485 e. The predicted molar refractivity (Wildman–Crippen MR) is 91.6 cm³/mol. The summed E-state index contributed by atoms with van der Waals surface area (Å²) in [7, 11) is -5.65. The third-order valence-corrected chi connectivity index (χ3v) is 5.32. The summed E-state index contributed by atoms with van der Waals surface area (Å²) in [5.41, 5.74) is -5.70. The average Bonchev–Trinajstić information content (AvgIpc) is 2.55. The van der Waals surface area contributed by atoms with E-state index in [9.17, 15) is 26.4 Å². The molecular weight excluding hydrogens is 405 g/mol. The van der Waals surface area contributed by atoms with E-state index >= 15 is 0 Å². The lowest BCUT2D eigenvalue weighted by Gasteiger charge is -2.39. The van der Waals surface area contributed by atoms with Gasteiger partial charge in [0.2, 0.25) is 0 Å². The summed E-state index contributed by atoms with van der Waals surface area (Å²) in [6.07, 6.45) is -0.200. The van der Waals surface area contributed by atoms with Crippen LogP contribution in [0.3, 0.4) is 0 Å². The van der Waals surface area contributed by atoms with Crippen molar-refractivity contribution in [3.05, 3.63) is 40.2 Å². The van der Waals surface area contributed by atoms with E-state index in [-0.39, 0.29) is 6.61 Å². The topological polar surface area (TPSA) is 92.0 Å². The van der Waals surface area contributed by atoms with E-state index in [0.29, 0.717) is 23.1 Å². The zero-order chi connectivity index (χ0) is 20.7. The first kappa shape index (κ1) is 20.6. The van der Waals surface area contributed by atoms with E-state index in [1.165, 1.54) is 6.07 Å². The second-order valence-corrected chi connectivity index (χ2v) is 8.35. The lowest BCUT2D eigenvalue weighted by atomic mass is 9.90. The zero-order valence-electron chi connectivity index (χ0n) is 14.9. The molecule has 0 radical (unpaired) electrons. The third kappa shape index (κ3) is 4.15. The van der Waals surface area contributed by atoms with Crippen LogP contribution in [0.2, 0.25) is 0 Å². The Balaban J connectivity index is 1.71. The number of fused-ring (bicyclic) bond motifs is 2. The van der Waals surface area contributed by atoms with Crippen LogP contribution < -0.4 is 10.4 Å². The van der Waals surface area contributed by atoms with Crippen molar-refractivity contribution in [2.45, 2.75) is 37.5 Å². The van der Waals surface area contributed by atoms with Gasteiger partial charge in [0.15, 0.2) is 0 Å². The Morgan fingerprint density at radius 1 is 1.21 bits per heavy atom. The Morgan fingerprint density at radius 2 is 1.93 bits per heavy atom. The van der Waals surface area contributed by atoms with Gasteiger partial charge in [-0.25, -0.2) is 4.79 Å². The highest BCUT2D eigenvalue weighted by Gasteiger charge is 2.47. The van der Waals surface area contributed by atoms with Crippen LogP contribution in [0.4, 0.5) is 13.2 Å². The minimum absolute atomic E-state index is 0.365. The van der Waals surface area contributed by atoms with Crippen LogP contribution in [0.5, 0.6) is 5.75 Å². The molecule has 1 aliphatic rings. The molecule has 1 aromatic carbocycles. The summed E-state index contributed by atoms with van der Waals surface area (Å²) < 4.78 is 79.0. The lowest BCUT2D eigenvalue weighted by Crippen LogP contribution is -2.48. The first-order valence-electron chi connectivity index (χ1n) is 8.22. The highest BCUT2D eigenvalue weighted by Crippen LogP contribution is 2.37. The molecule has 2 heterocycles. The summed E-state index contributed by atoms with van der Waals surface area (Å²) in [5, 5.41) is 0.681. The van der Waals surface area contributed by atoms with Gasteiger partial charge >= 0.3 is 21.3 Å². The van der Waals surface area contributed by atoms with E-state index in [1.54, 1.807) is 32.0 Å². The average molecular weight is 422 g/mol. The molecule has 11 heteroatoms. The molecule has 28 heavy (non-hydrogen) atoms. The highest BCUT2D eigenvalue weighted by atomic mass is 32.2. The highest BCUT2D eigenvalue weighted by molar-refractivity contribution is 7.87. The monoisotopic (exact) mass is 422 g/mol. The van der Waals surface area contributed by atoms with Crippen LogP contribution in [0.1, 0.15) is 19.4 Å². The van der Waals surface area contributed by atoms with Crippen molar-refractivity contribution in [1.29, 1.82) is 0 Å². The molecule has 0 saturated carbocycles. The quantitative estimate of drug-likeness (QED) is 0.317. The van der Waals surface area contributed by atoms with Gasteiger partial charge in [-0.05, 0) is 31.5 Å². The molecule has 3 rings (SSSR count). The molecule has 1 aromatic heterocycles. The number of halogens is 3. The van der Waals surface area contributed by atoms with Gasteiger partial charge in [-0.15, -0.1) is 0 Å². The largest absolute Gasteiger partial charge is 0.523 e. The number of alkyl halides is 3. The number of rotatable bonds is 5. The van der Waals surface area contributed by atoms with Crippen molar-refractivity contribution < 1.29 is 39.7 Å². The van der Waals surface area contributed by atoms with Crippen LogP contribution in [0.25, 0.3) is 11.0 Å². The number of hydrogen-bond donors (Lipinski definition) is 0. The van der Waals surface area contributed by atoms with Gasteiger partial charge in [0.1, 0.15) is 23.0 Å². The van der Waals surface area contributed by atoms with E-state index in [4.69, 9.17) is 13.9 Å². The van der Waals surface area contributed by atoms with Gasteiger partial charge in [-0.2, -0.15) is 21.6 Å². The van der Waals surface area contributed by atoms with E-state index in [2.05, 4.69) is 4.18 Å². The Morgan fingerprint density at radius 3 is 2.61 bits per heavy atom. The van der Waals surface area contributed by atoms with Gasteiger partial charge < -0.3 is 13.9 Å². The fourth-order valence-electron chi connectivity index (χ4n) is 2.85. The Kier molecular flexibility index (Phi) is 5.19. The number of hydrogen-bond acceptors (Lipinski definition) is 7. The number of ether oxygens (including phenoxy) is 2. The van der Waals surface area contributed by atoms with Crippen LogP contribution in [0.15, 0.2) is 33.5 Å². The molecule has 7 nitrogen and oxygen atoms in total. The van der Waals surface area contributed by atoms with E-state index in [1.807, 2.05) is 0 Å². The normalized spacial score (nSPS) is 19.2. The smallest absolute Gasteiger partial charge is 0.485 e. The van der Waals surface area contributed by atoms with Crippen LogP contribution in [0, 0.1) is 0 Å². The SMILES string of the molecule is CC1(C)Oc2cc3oc(=O)ccc3cc2C[C@@H]1OCCOS(=O)(=O)C(F)(F)F. The second kappa shape index (κ2) is 7.05. The fourth-order valence-corrected chi connectivity index (χ4v) is 3.27. The van der Waals surface area contributed by atoms with Crippen LogP contribution in [-0.4, -0.2) is 38.8 Å². The van der Waals surface area contributed by atoms with E-state index < -0.39 is 39.6 Å². The molecule has 2 aromatic rings. The van der Waals surface area contributed by atoms with Crippen molar-refractivity contribution in [2.24, 2.45) is 0 Å². The van der Waals surface area contributed by atoms with Crippen molar-refractivity contribution in [3.8, 4) is 5.75 Å². The van der Waals surface area contributed by atoms with Crippen molar-refractivity contribution in [3.63, 3.8) is 0 Å². The fraction of sp³-hybridized carbons (Fsp3) is 0.471. The predicted octanol–water partition coefficient (Wildman–Crippen LogP) is 2.76. The maximum absolute atomic E-state index is 12.3. The molecule has 1 atom stereocenters. The lowest BCUT2D eigenvalue weighted by molar-refractivity contribution is -0.0912. The molecule has 0 aliphatic carbocycles. The minimum atomic E-state index is -5.65. The maximum Gasteiger partial charge on any atom is 0.523 e. The molecule has 0 amide bonds. The summed E-state index contributed by atoms with van der Waals surface area (Å²) in [4.78, 5) is 11.4. The van der Waals surface area contributed by atoms with Crippen molar-refractivity contribution >= 4 is 21.1 Å². The van der Waals surface area contributed by atoms with Gasteiger partial charge in [0.05, 0.1) is 13.2 Å². The van der Waals surface area contributed by atoms with Crippen molar-refractivity contribution in [1.82, 2.24) is 0 Å². The van der Waals surface area contributed by atoms with Crippen LogP contribution >= 0.6 is 0 Å². The molecule has 1 aliphatic heterocycles. The van der Waals surface area contributed by atoms with E-state index in [0.717, 1.165) is 5.56 Å². The maximum atomic E-state index is 12.3. The molecule has 0 spiro atoms. The zero-order valence-corrected chi connectivity index (χ0v) is 15.7. The first-order valence-corrected chi connectivity index (χ1v) is 9.63. The molecule has 0 fully saturated rings. The summed E-state index contributed by atoms with van der Waals surface area (Å²) in [5.74, 6) is 0.502. The molecule has 0 N–H and O–H groups in total. The first-order chi connectivity index (χ1) is 12.9. The summed E-state index contributed by atoms with van der Waals surface area (Å²) >= 11 is 0. The number of benzene rings is 1. The van der Waals surface area contributed by atoms with Crippen LogP contribution in [-0.2, 0) is 25.5 Å². The molecule has 0 saturated heterocycles. The van der Waals surface area contributed by atoms with Gasteiger partial charge in [-0.1, -0.05) is 0 Å². The summed E-state index contributed by atoms with van der Waals surface area (Å²) in [6.45, 7) is 2.30. The third-order valence-electron chi connectivity index (χ3n) is 4.28. The standard InChI is InChI=1S/C17H17F3O7S/c1-16(2)14(24-5-6-25-28(22,23)17(18,19)20)8-11-7-10-3-4-15(21)26-12(10)9-13(11)27-16/h3-4,7,9,14H,5-6,8H2,1-2H3/t14-/m0/s1. The van der Waals surface area contributed by atoms with Gasteiger partial charge in [0, 0.05) is 23.9 Å². The molecular formula is C17H17F3O7S. The van der Waals surface area contributed by atoms with Crippen molar-refractivity contribution in [2.75, 3.05) is 13.2 Å². The second-order valence-electron chi connectivity index (χ2n) is 6.74.